The highest BCUT2D eigenvalue weighted by Crippen LogP contribution is 2.46. The summed E-state index contributed by atoms with van der Waals surface area (Å²) in [5, 5.41) is 2.91. The van der Waals surface area contributed by atoms with Crippen molar-refractivity contribution < 1.29 is 37.0 Å². The van der Waals surface area contributed by atoms with Gasteiger partial charge in [-0.3, -0.25) is 0 Å². The van der Waals surface area contributed by atoms with Crippen molar-refractivity contribution in [1.82, 2.24) is 24.8 Å². The lowest BCUT2D eigenvalue weighted by Crippen LogP contribution is -2.46. The van der Waals surface area contributed by atoms with Crippen molar-refractivity contribution in [1.29, 1.82) is 0 Å². The van der Waals surface area contributed by atoms with Gasteiger partial charge in [-0.15, -0.1) is 0 Å². The van der Waals surface area contributed by atoms with Crippen molar-refractivity contribution in [2.45, 2.75) is 117 Å². The van der Waals surface area contributed by atoms with E-state index in [2.05, 4.69) is 39.2 Å². The van der Waals surface area contributed by atoms with Crippen molar-refractivity contribution in [2.24, 2.45) is 0 Å². The molecule has 14 heteroatoms. The number of rotatable bonds is 10. The summed E-state index contributed by atoms with van der Waals surface area (Å²) >= 11 is 0. The first-order valence-electron chi connectivity index (χ1n) is 17.4. The van der Waals surface area contributed by atoms with Gasteiger partial charge in [-0.05, 0) is 89.5 Å². The van der Waals surface area contributed by atoms with Crippen molar-refractivity contribution in [3.63, 3.8) is 0 Å². The Morgan fingerprint density at radius 1 is 1.00 bits per heavy atom. The standard InChI is InChI=1S/C38H49F2N5O6Si/c1-12-48-32(46)24-14-13-15-29(49-34(39)40)30(24)28-19-26(44-35(47)50-36(2,3)4)31-43-25-17-16-22(18-27(25)45(28)31)23-20-41-33(42-21-23)38(8,9)51-52(10,11)37(5,6)7/h13-18,20-21,26,28,34H,12,19H2,1-11H3,(H,44,47)/t26-,28-/m1/s1. The molecule has 0 fully saturated rings. The fourth-order valence-corrected chi connectivity index (χ4v) is 7.89. The van der Waals surface area contributed by atoms with Gasteiger partial charge in [0.25, 0.3) is 0 Å². The van der Waals surface area contributed by atoms with Gasteiger partial charge in [0.05, 0.1) is 35.3 Å². The molecular formula is C38H49F2N5O6Si. The van der Waals surface area contributed by atoms with Gasteiger partial charge in [0.15, 0.2) is 14.1 Å². The Balaban J connectivity index is 1.62. The Labute approximate surface area is 304 Å². The van der Waals surface area contributed by atoms with Gasteiger partial charge in [-0.1, -0.05) is 32.9 Å². The highest BCUT2D eigenvalue weighted by Gasteiger charge is 2.43. The van der Waals surface area contributed by atoms with E-state index in [9.17, 15) is 18.4 Å². The maximum absolute atomic E-state index is 13.8. The molecule has 52 heavy (non-hydrogen) atoms. The maximum atomic E-state index is 13.8. The zero-order valence-electron chi connectivity index (χ0n) is 31.8. The molecule has 0 radical (unpaired) electrons. The first kappa shape index (κ1) is 38.8. The number of aromatic nitrogens is 4. The second kappa shape index (κ2) is 14.2. The Kier molecular flexibility index (Phi) is 10.6. The van der Waals surface area contributed by atoms with Crippen molar-refractivity contribution >= 4 is 31.4 Å². The number of nitrogens with zero attached hydrogens (tertiary/aromatic N) is 4. The number of ether oxygens (including phenoxy) is 3. The van der Waals surface area contributed by atoms with Crippen LogP contribution < -0.4 is 10.1 Å². The molecule has 0 aliphatic carbocycles. The average Bonchev–Trinajstić information content (AvgIpc) is 3.56. The quantitative estimate of drug-likeness (QED) is 0.125. The second-order valence-corrected chi connectivity index (χ2v) is 20.7. The molecular weight excluding hydrogens is 689 g/mol. The summed E-state index contributed by atoms with van der Waals surface area (Å²) in [7, 11) is -2.13. The molecule has 0 spiro atoms. The van der Waals surface area contributed by atoms with Crippen LogP contribution in [0.25, 0.3) is 22.2 Å². The molecule has 1 amide bonds. The number of amides is 1. The van der Waals surface area contributed by atoms with Crippen LogP contribution in [0.4, 0.5) is 13.6 Å². The molecule has 2 aromatic heterocycles. The van der Waals surface area contributed by atoms with E-state index in [1.165, 1.54) is 18.2 Å². The Hall–Kier alpha value is -4.43. The molecule has 0 bridgehead atoms. The molecule has 5 rings (SSSR count). The number of halogens is 2. The topological polar surface area (TPSA) is 127 Å². The van der Waals surface area contributed by atoms with Gasteiger partial charge in [-0.25, -0.2) is 24.5 Å². The zero-order chi connectivity index (χ0) is 38.4. The van der Waals surface area contributed by atoms with E-state index in [4.69, 9.17) is 33.6 Å². The Bertz CT molecular complexity index is 1950. The number of nitrogens with one attached hydrogen (secondary N) is 1. The van der Waals surface area contributed by atoms with Gasteiger partial charge in [0, 0.05) is 29.9 Å². The predicted molar refractivity (Wildman–Crippen MR) is 196 cm³/mol. The maximum Gasteiger partial charge on any atom is 0.408 e. The molecule has 0 unspecified atom stereocenters. The highest BCUT2D eigenvalue weighted by molar-refractivity contribution is 6.74. The van der Waals surface area contributed by atoms with Gasteiger partial charge in [0.2, 0.25) is 0 Å². The number of benzene rings is 2. The van der Waals surface area contributed by atoms with Crippen LogP contribution in [-0.2, 0) is 19.5 Å². The smallest absolute Gasteiger partial charge is 0.408 e. The summed E-state index contributed by atoms with van der Waals surface area (Å²) in [5.74, 6) is 0.149. The van der Waals surface area contributed by atoms with Gasteiger partial charge >= 0.3 is 18.7 Å². The number of alkyl halides is 2. The summed E-state index contributed by atoms with van der Waals surface area (Å²) in [6.45, 7) is 18.7. The van der Waals surface area contributed by atoms with E-state index in [-0.39, 0.29) is 34.9 Å². The summed E-state index contributed by atoms with van der Waals surface area (Å²) in [4.78, 5) is 40.6. The van der Waals surface area contributed by atoms with Crippen molar-refractivity contribution in [3.8, 4) is 16.9 Å². The lowest BCUT2D eigenvalue weighted by molar-refractivity contribution is -0.0508. The van der Waals surface area contributed by atoms with Crippen LogP contribution in [0.5, 0.6) is 5.75 Å². The number of carbonyl (C=O) groups excluding carboxylic acids is 2. The molecule has 4 aromatic rings. The van der Waals surface area contributed by atoms with E-state index in [1.807, 2.05) is 36.6 Å². The monoisotopic (exact) mass is 737 g/mol. The highest BCUT2D eigenvalue weighted by atomic mass is 28.4. The molecule has 2 atom stereocenters. The average molecular weight is 738 g/mol. The van der Waals surface area contributed by atoms with Gasteiger partial charge in [0.1, 0.15) is 22.8 Å². The van der Waals surface area contributed by atoms with Gasteiger partial charge < -0.3 is 28.5 Å². The number of carbonyl (C=O) groups is 2. The van der Waals surface area contributed by atoms with E-state index >= 15 is 0 Å². The van der Waals surface area contributed by atoms with Crippen molar-refractivity contribution in [2.75, 3.05) is 6.61 Å². The van der Waals surface area contributed by atoms with Crippen LogP contribution in [0.15, 0.2) is 48.8 Å². The number of fused-ring (bicyclic) bond motifs is 3. The Morgan fingerprint density at radius 2 is 1.67 bits per heavy atom. The SMILES string of the molecule is CCOC(=O)c1cccc(OC(F)F)c1[C@H]1C[C@@H](NC(=O)OC(C)(C)C)c2nc3ccc(-c4cnc(C(C)(C)O[Si](C)(C)C(C)(C)C)nc4)cc3n21. The van der Waals surface area contributed by atoms with E-state index in [0.29, 0.717) is 22.7 Å². The molecule has 2 aromatic carbocycles. The fraction of sp³-hybridized carbons (Fsp3) is 0.500. The summed E-state index contributed by atoms with van der Waals surface area (Å²) in [5.41, 5.74) is 1.51. The lowest BCUT2D eigenvalue weighted by Gasteiger charge is -2.42. The minimum Gasteiger partial charge on any atom is -0.462 e. The first-order chi connectivity index (χ1) is 24.1. The number of hydrogen-bond acceptors (Lipinski definition) is 9. The van der Waals surface area contributed by atoms with Gasteiger partial charge in [-0.2, -0.15) is 8.78 Å². The fourth-order valence-electron chi connectivity index (χ4n) is 6.22. The molecule has 3 heterocycles. The number of alkyl carbamates (subject to hydrolysis) is 1. The van der Waals surface area contributed by atoms with Crippen molar-refractivity contribution in [3.05, 3.63) is 71.6 Å². The summed E-state index contributed by atoms with van der Waals surface area (Å²) < 4.78 is 52.0. The molecule has 1 aliphatic rings. The number of esters is 1. The van der Waals surface area contributed by atoms with E-state index in [0.717, 1.165) is 11.1 Å². The summed E-state index contributed by atoms with van der Waals surface area (Å²) in [6, 6.07) is 8.54. The molecule has 1 aliphatic heterocycles. The summed E-state index contributed by atoms with van der Waals surface area (Å²) in [6.07, 6.45) is 2.99. The van der Waals surface area contributed by atoms with Crippen LogP contribution in [0.2, 0.25) is 18.1 Å². The van der Waals surface area contributed by atoms with E-state index in [1.54, 1.807) is 40.1 Å². The first-order valence-corrected chi connectivity index (χ1v) is 20.3. The third-order valence-electron chi connectivity index (χ3n) is 9.44. The van der Waals surface area contributed by atoms with Crippen LogP contribution in [0.3, 0.4) is 0 Å². The Morgan fingerprint density at radius 3 is 2.27 bits per heavy atom. The molecule has 11 nitrogen and oxygen atoms in total. The largest absolute Gasteiger partial charge is 0.462 e. The zero-order valence-corrected chi connectivity index (χ0v) is 32.8. The van der Waals surface area contributed by atoms with Crippen LogP contribution in [0.1, 0.15) is 108 Å². The predicted octanol–water partition coefficient (Wildman–Crippen LogP) is 9.09. The molecule has 0 saturated heterocycles. The van der Waals surface area contributed by atoms with E-state index < -0.39 is 50.3 Å². The minimum absolute atomic E-state index is 0.00752. The normalized spacial score (nSPS) is 16.6. The van der Waals surface area contributed by atoms with Crippen LogP contribution in [0, 0.1) is 0 Å². The van der Waals surface area contributed by atoms with Crippen LogP contribution >= 0.6 is 0 Å². The third kappa shape index (κ3) is 8.12. The number of imidazole rings is 1. The second-order valence-electron chi connectivity index (χ2n) is 16.0. The third-order valence-corrected chi connectivity index (χ3v) is 14.1. The lowest BCUT2D eigenvalue weighted by atomic mass is 9.95. The molecule has 1 N–H and O–H groups in total. The minimum atomic E-state index is -3.15. The molecule has 0 saturated carbocycles. The van der Waals surface area contributed by atoms with Crippen LogP contribution in [-0.4, -0.2) is 58.7 Å². The molecule has 280 valence electrons. The number of hydrogen-bond donors (Lipinski definition) is 1.